The Balaban J connectivity index is 2.01. The SMILES string of the molecule is NC1CC2CCC(C1)N2c1c(F)cc([N+](=O)[O-])cc1F. The number of nitrogens with zero attached hydrogens (tertiary/aromatic N) is 2. The van der Waals surface area contributed by atoms with E-state index in [1.165, 1.54) is 0 Å². The maximum absolute atomic E-state index is 14.1. The zero-order chi connectivity index (χ0) is 14.4. The molecule has 0 aliphatic carbocycles. The molecule has 0 amide bonds. The molecule has 2 aliphatic heterocycles. The van der Waals surface area contributed by atoms with Gasteiger partial charge in [0.15, 0.2) is 11.6 Å². The molecule has 2 fully saturated rings. The van der Waals surface area contributed by atoms with Gasteiger partial charge >= 0.3 is 0 Å². The zero-order valence-corrected chi connectivity index (χ0v) is 10.8. The van der Waals surface area contributed by atoms with E-state index >= 15 is 0 Å². The Morgan fingerprint density at radius 1 is 1.20 bits per heavy atom. The molecule has 20 heavy (non-hydrogen) atoms. The predicted octanol–water partition coefficient (Wildman–Crippen LogP) is 2.33. The smallest absolute Gasteiger partial charge is 0.275 e. The summed E-state index contributed by atoms with van der Waals surface area (Å²) in [5.74, 6) is -1.74. The van der Waals surface area contributed by atoms with E-state index in [1.54, 1.807) is 4.90 Å². The Labute approximate surface area is 114 Å². The normalized spacial score (nSPS) is 28.8. The topological polar surface area (TPSA) is 72.4 Å². The van der Waals surface area contributed by atoms with Crippen LogP contribution in [0.15, 0.2) is 12.1 Å². The van der Waals surface area contributed by atoms with Gasteiger partial charge in [0.1, 0.15) is 5.69 Å². The van der Waals surface area contributed by atoms with Crippen LogP contribution in [0.25, 0.3) is 0 Å². The molecule has 2 heterocycles. The molecule has 2 unspecified atom stereocenters. The van der Waals surface area contributed by atoms with Crippen molar-refractivity contribution in [2.45, 2.75) is 43.8 Å². The monoisotopic (exact) mass is 283 g/mol. The third-order valence-electron chi connectivity index (χ3n) is 4.24. The first-order valence-electron chi connectivity index (χ1n) is 6.64. The van der Waals surface area contributed by atoms with Crippen molar-refractivity contribution >= 4 is 11.4 Å². The highest BCUT2D eigenvalue weighted by Crippen LogP contribution is 2.41. The minimum absolute atomic E-state index is 0.0224. The van der Waals surface area contributed by atoms with Crippen LogP contribution in [0.1, 0.15) is 25.7 Å². The number of fused-ring (bicyclic) bond motifs is 2. The summed E-state index contributed by atoms with van der Waals surface area (Å²) in [4.78, 5) is 11.6. The van der Waals surface area contributed by atoms with Crippen LogP contribution < -0.4 is 10.6 Å². The number of nitrogens with two attached hydrogens (primary N) is 1. The molecule has 2 aliphatic rings. The summed E-state index contributed by atoms with van der Waals surface area (Å²) >= 11 is 0. The third kappa shape index (κ3) is 2.02. The molecule has 5 nitrogen and oxygen atoms in total. The summed E-state index contributed by atoms with van der Waals surface area (Å²) in [5, 5.41) is 10.6. The Kier molecular flexibility index (Phi) is 3.08. The number of halogens is 2. The van der Waals surface area contributed by atoms with Gasteiger partial charge in [0.05, 0.1) is 17.1 Å². The summed E-state index contributed by atoms with van der Waals surface area (Å²) in [7, 11) is 0. The van der Waals surface area contributed by atoms with Gasteiger partial charge in [-0.05, 0) is 25.7 Å². The van der Waals surface area contributed by atoms with E-state index in [0.29, 0.717) is 12.8 Å². The van der Waals surface area contributed by atoms with Crippen LogP contribution in [0.5, 0.6) is 0 Å². The van der Waals surface area contributed by atoms with Gasteiger partial charge in [0.25, 0.3) is 5.69 Å². The van der Waals surface area contributed by atoms with Crippen LogP contribution >= 0.6 is 0 Å². The summed E-state index contributed by atoms with van der Waals surface area (Å²) < 4.78 is 28.2. The van der Waals surface area contributed by atoms with Crippen LogP contribution in [0.3, 0.4) is 0 Å². The van der Waals surface area contributed by atoms with E-state index in [1.807, 2.05) is 0 Å². The van der Waals surface area contributed by atoms with Crippen LogP contribution in [-0.4, -0.2) is 23.0 Å². The molecule has 2 saturated heterocycles. The minimum atomic E-state index is -0.871. The number of piperidine rings is 1. The molecule has 1 aromatic carbocycles. The van der Waals surface area contributed by atoms with E-state index in [4.69, 9.17) is 5.73 Å². The number of nitro groups is 1. The number of hydrogen-bond donors (Lipinski definition) is 1. The second kappa shape index (κ2) is 4.66. The molecule has 0 aromatic heterocycles. The lowest BCUT2D eigenvalue weighted by Crippen LogP contribution is -2.48. The molecule has 2 bridgehead atoms. The number of anilines is 1. The van der Waals surface area contributed by atoms with Crippen LogP contribution in [-0.2, 0) is 0 Å². The first-order valence-corrected chi connectivity index (χ1v) is 6.64. The van der Waals surface area contributed by atoms with E-state index in [2.05, 4.69) is 0 Å². The molecule has 3 rings (SSSR count). The average molecular weight is 283 g/mol. The zero-order valence-electron chi connectivity index (χ0n) is 10.8. The van der Waals surface area contributed by atoms with Crippen LogP contribution in [0.2, 0.25) is 0 Å². The highest BCUT2D eigenvalue weighted by atomic mass is 19.1. The Hall–Kier alpha value is -1.76. The van der Waals surface area contributed by atoms with Crippen LogP contribution in [0.4, 0.5) is 20.2 Å². The number of hydrogen-bond acceptors (Lipinski definition) is 4. The standard InChI is InChI=1S/C13H15F2N3O2/c14-11-5-10(18(19)20)6-12(15)13(11)17-8-1-2-9(17)4-7(16)3-8/h5-9H,1-4,16H2. The molecule has 1 aromatic rings. The van der Waals surface area contributed by atoms with Gasteiger partial charge in [0.2, 0.25) is 0 Å². The molecule has 0 spiro atoms. The molecule has 2 N–H and O–H groups in total. The molecular weight excluding hydrogens is 268 g/mol. The molecule has 0 saturated carbocycles. The van der Waals surface area contributed by atoms with Crippen LogP contribution in [0, 0.1) is 21.7 Å². The van der Waals surface area contributed by atoms with Crippen molar-refractivity contribution in [3.63, 3.8) is 0 Å². The quantitative estimate of drug-likeness (QED) is 0.668. The van der Waals surface area contributed by atoms with Crippen molar-refractivity contribution < 1.29 is 13.7 Å². The predicted molar refractivity (Wildman–Crippen MR) is 69.5 cm³/mol. The fourth-order valence-corrected chi connectivity index (χ4v) is 3.49. The number of non-ortho nitro benzene ring substituents is 1. The van der Waals surface area contributed by atoms with Crippen molar-refractivity contribution in [2.24, 2.45) is 5.73 Å². The fraction of sp³-hybridized carbons (Fsp3) is 0.538. The van der Waals surface area contributed by atoms with Crippen molar-refractivity contribution in [3.05, 3.63) is 33.9 Å². The molecule has 108 valence electrons. The van der Waals surface area contributed by atoms with E-state index in [9.17, 15) is 18.9 Å². The second-order valence-electron chi connectivity index (χ2n) is 5.54. The van der Waals surface area contributed by atoms with Gasteiger partial charge in [-0.2, -0.15) is 0 Å². The summed E-state index contributed by atoms with van der Waals surface area (Å²) in [6.07, 6.45) is 3.11. The average Bonchev–Trinajstić information content (AvgIpc) is 2.62. The Morgan fingerprint density at radius 3 is 2.15 bits per heavy atom. The van der Waals surface area contributed by atoms with Crippen molar-refractivity contribution in [2.75, 3.05) is 4.90 Å². The number of nitro benzene ring substituents is 1. The van der Waals surface area contributed by atoms with Gasteiger partial charge in [-0.3, -0.25) is 10.1 Å². The highest BCUT2D eigenvalue weighted by molar-refractivity contribution is 5.56. The summed E-state index contributed by atoms with van der Waals surface area (Å²) in [6.45, 7) is 0. The maximum atomic E-state index is 14.1. The van der Waals surface area contributed by atoms with E-state index in [0.717, 1.165) is 25.0 Å². The minimum Gasteiger partial charge on any atom is -0.361 e. The van der Waals surface area contributed by atoms with Gasteiger partial charge in [-0.25, -0.2) is 8.78 Å². The maximum Gasteiger partial charge on any atom is 0.275 e. The fourth-order valence-electron chi connectivity index (χ4n) is 3.49. The lowest BCUT2D eigenvalue weighted by atomic mass is 9.97. The first-order chi connectivity index (χ1) is 9.47. The Morgan fingerprint density at radius 2 is 1.70 bits per heavy atom. The molecule has 7 heteroatoms. The summed E-state index contributed by atoms with van der Waals surface area (Å²) in [5.41, 5.74) is 5.22. The largest absolute Gasteiger partial charge is 0.361 e. The number of rotatable bonds is 2. The number of benzene rings is 1. The molecular formula is C13H15F2N3O2. The summed E-state index contributed by atoms with van der Waals surface area (Å²) in [6, 6.07) is 1.68. The molecule has 2 atom stereocenters. The second-order valence-corrected chi connectivity index (χ2v) is 5.54. The lowest BCUT2D eigenvalue weighted by Gasteiger charge is -2.39. The highest BCUT2D eigenvalue weighted by Gasteiger charge is 2.42. The van der Waals surface area contributed by atoms with E-state index < -0.39 is 22.2 Å². The molecule has 0 radical (unpaired) electrons. The lowest BCUT2D eigenvalue weighted by molar-refractivity contribution is -0.385. The van der Waals surface area contributed by atoms with Crippen molar-refractivity contribution in [1.82, 2.24) is 0 Å². The van der Waals surface area contributed by atoms with E-state index in [-0.39, 0.29) is 23.8 Å². The first kappa shape index (κ1) is 13.2. The Bertz CT molecular complexity index is 530. The van der Waals surface area contributed by atoms with Gasteiger partial charge in [-0.15, -0.1) is 0 Å². The van der Waals surface area contributed by atoms with Gasteiger partial charge in [-0.1, -0.05) is 0 Å². The van der Waals surface area contributed by atoms with Crippen molar-refractivity contribution in [1.29, 1.82) is 0 Å². The van der Waals surface area contributed by atoms with Crippen molar-refractivity contribution in [3.8, 4) is 0 Å². The van der Waals surface area contributed by atoms with Gasteiger partial charge in [0, 0.05) is 18.1 Å². The third-order valence-corrected chi connectivity index (χ3v) is 4.24. The van der Waals surface area contributed by atoms with Gasteiger partial charge < -0.3 is 10.6 Å².